The van der Waals surface area contributed by atoms with Gasteiger partial charge in [0.1, 0.15) is 6.04 Å². The van der Waals surface area contributed by atoms with E-state index >= 15 is 0 Å². The molecule has 0 aliphatic rings. The van der Waals surface area contributed by atoms with Gasteiger partial charge in [0.15, 0.2) is 5.76 Å². The zero-order valence-electron chi connectivity index (χ0n) is 10.2. The van der Waals surface area contributed by atoms with Crippen molar-refractivity contribution in [3.05, 3.63) is 42.1 Å². The fourth-order valence-corrected chi connectivity index (χ4v) is 2.34. The second-order valence-electron chi connectivity index (χ2n) is 4.01. The van der Waals surface area contributed by atoms with Gasteiger partial charge in [0, 0.05) is 23.1 Å². The molecule has 0 aliphatic carbocycles. The van der Waals surface area contributed by atoms with Crippen LogP contribution in [0.15, 0.2) is 40.9 Å². The molecule has 5 nitrogen and oxygen atoms in total. The molecule has 6 heteroatoms. The number of carboxylic acid groups (broad SMARTS) is 1. The topological polar surface area (TPSA) is 89.4 Å². The molecule has 3 N–H and O–H groups in total. The summed E-state index contributed by atoms with van der Waals surface area (Å²) in [6, 6.07) is 10.7. The molecule has 19 heavy (non-hydrogen) atoms. The Labute approximate surface area is 114 Å². The van der Waals surface area contributed by atoms with Crippen molar-refractivity contribution in [3.8, 4) is 11.3 Å². The summed E-state index contributed by atoms with van der Waals surface area (Å²) in [6.07, 6.45) is 0. The second-order valence-corrected chi connectivity index (χ2v) is 5.04. The molecule has 1 aromatic heterocycles. The molecule has 1 aromatic carbocycles. The minimum absolute atomic E-state index is 0.350. The molecule has 0 saturated carbocycles. The third-order valence-electron chi connectivity index (χ3n) is 2.48. The van der Waals surface area contributed by atoms with E-state index in [1.807, 2.05) is 36.4 Å². The van der Waals surface area contributed by atoms with Gasteiger partial charge >= 0.3 is 5.97 Å². The Bertz CT molecular complexity index is 542. The number of hydrogen-bond acceptors (Lipinski definition) is 5. The Morgan fingerprint density at radius 2 is 2.16 bits per heavy atom. The van der Waals surface area contributed by atoms with Gasteiger partial charge in [-0.2, -0.15) is 11.8 Å². The van der Waals surface area contributed by atoms with Gasteiger partial charge in [-0.1, -0.05) is 35.5 Å². The van der Waals surface area contributed by atoms with Crippen LogP contribution in [0.2, 0.25) is 0 Å². The number of aromatic nitrogens is 1. The molecule has 0 bridgehead atoms. The van der Waals surface area contributed by atoms with Crippen LogP contribution in [-0.4, -0.2) is 28.0 Å². The maximum absolute atomic E-state index is 10.6. The van der Waals surface area contributed by atoms with Crippen molar-refractivity contribution >= 4 is 17.7 Å². The highest BCUT2D eigenvalue weighted by Gasteiger charge is 2.12. The standard InChI is InChI=1S/C13H14N2O3S/c14-11(13(16)17)8-19-7-10-6-12(18-15-10)9-4-2-1-3-5-9/h1-6,11H,7-8,14H2,(H,16,17)/t11-/m0/s1. The van der Waals surface area contributed by atoms with Gasteiger partial charge < -0.3 is 15.4 Å². The summed E-state index contributed by atoms with van der Waals surface area (Å²) in [6.45, 7) is 0. The molecule has 0 amide bonds. The summed E-state index contributed by atoms with van der Waals surface area (Å²) in [5.74, 6) is 0.650. The normalized spacial score (nSPS) is 12.3. The minimum atomic E-state index is -0.988. The van der Waals surface area contributed by atoms with Gasteiger partial charge in [0.05, 0.1) is 5.69 Å². The van der Waals surface area contributed by atoms with Crippen LogP contribution >= 0.6 is 11.8 Å². The molecule has 2 rings (SSSR count). The van der Waals surface area contributed by atoms with Crippen molar-refractivity contribution in [2.45, 2.75) is 11.8 Å². The SMILES string of the molecule is N[C@@H](CSCc1cc(-c2ccccc2)on1)C(=O)O. The number of nitrogens with two attached hydrogens (primary N) is 1. The zero-order chi connectivity index (χ0) is 13.7. The van der Waals surface area contributed by atoms with Gasteiger partial charge in [-0.15, -0.1) is 0 Å². The predicted octanol–water partition coefficient (Wildman–Crippen LogP) is 1.99. The lowest BCUT2D eigenvalue weighted by atomic mass is 10.2. The van der Waals surface area contributed by atoms with Crippen LogP contribution in [0.4, 0.5) is 0 Å². The lowest BCUT2D eigenvalue weighted by Crippen LogP contribution is -2.32. The van der Waals surface area contributed by atoms with Crippen LogP contribution in [0.1, 0.15) is 5.69 Å². The first-order chi connectivity index (χ1) is 9.16. The monoisotopic (exact) mass is 278 g/mol. The maximum Gasteiger partial charge on any atom is 0.321 e. The summed E-state index contributed by atoms with van der Waals surface area (Å²) >= 11 is 1.42. The van der Waals surface area contributed by atoms with Crippen LogP contribution in [0, 0.1) is 0 Å². The largest absolute Gasteiger partial charge is 0.480 e. The van der Waals surface area contributed by atoms with Crippen molar-refractivity contribution in [2.75, 3.05) is 5.75 Å². The highest BCUT2D eigenvalue weighted by Crippen LogP contribution is 2.21. The summed E-state index contributed by atoms with van der Waals surface area (Å²) < 4.78 is 5.24. The first-order valence-corrected chi connectivity index (χ1v) is 6.89. The van der Waals surface area contributed by atoms with Crippen LogP contribution in [0.25, 0.3) is 11.3 Å². The molecule has 100 valence electrons. The quantitative estimate of drug-likeness (QED) is 0.840. The third kappa shape index (κ3) is 3.84. The van der Waals surface area contributed by atoms with Crippen molar-refractivity contribution < 1.29 is 14.4 Å². The van der Waals surface area contributed by atoms with Gasteiger partial charge in [0.2, 0.25) is 0 Å². The van der Waals surface area contributed by atoms with Gasteiger partial charge in [-0.05, 0) is 0 Å². The van der Waals surface area contributed by atoms with Gasteiger partial charge in [-0.25, -0.2) is 0 Å². The Morgan fingerprint density at radius 1 is 1.42 bits per heavy atom. The maximum atomic E-state index is 10.6. The van der Waals surface area contributed by atoms with E-state index in [0.29, 0.717) is 17.3 Å². The van der Waals surface area contributed by atoms with E-state index in [1.165, 1.54) is 11.8 Å². The molecular weight excluding hydrogens is 264 g/mol. The Kier molecular flexibility index (Phi) is 4.59. The Balaban J connectivity index is 1.90. The Morgan fingerprint density at radius 3 is 2.84 bits per heavy atom. The van der Waals surface area contributed by atoms with Crippen LogP contribution in [0.3, 0.4) is 0 Å². The average Bonchev–Trinajstić information content (AvgIpc) is 2.88. The van der Waals surface area contributed by atoms with Gasteiger partial charge in [-0.3, -0.25) is 4.79 Å². The van der Waals surface area contributed by atoms with E-state index in [0.717, 1.165) is 11.3 Å². The second kappa shape index (κ2) is 6.40. The number of carbonyl (C=O) groups is 1. The molecule has 2 aromatic rings. The number of hydrogen-bond donors (Lipinski definition) is 2. The smallest absolute Gasteiger partial charge is 0.321 e. The zero-order valence-corrected chi connectivity index (χ0v) is 11.0. The summed E-state index contributed by atoms with van der Waals surface area (Å²) in [4.78, 5) is 10.6. The fourth-order valence-electron chi connectivity index (χ4n) is 1.48. The van der Waals surface area contributed by atoms with Crippen molar-refractivity contribution in [1.29, 1.82) is 0 Å². The van der Waals surface area contributed by atoms with Crippen LogP contribution in [-0.2, 0) is 10.5 Å². The number of rotatable bonds is 6. The van der Waals surface area contributed by atoms with E-state index in [2.05, 4.69) is 5.16 Å². The van der Waals surface area contributed by atoms with E-state index in [4.69, 9.17) is 15.4 Å². The van der Waals surface area contributed by atoms with Crippen molar-refractivity contribution in [2.24, 2.45) is 5.73 Å². The number of aliphatic carboxylic acids is 1. The molecule has 0 spiro atoms. The summed E-state index contributed by atoms with van der Waals surface area (Å²) in [7, 11) is 0. The Hall–Kier alpha value is -1.79. The number of nitrogens with zero attached hydrogens (tertiary/aromatic N) is 1. The van der Waals surface area contributed by atoms with E-state index in [9.17, 15) is 4.79 Å². The minimum Gasteiger partial charge on any atom is -0.480 e. The van der Waals surface area contributed by atoms with E-state index in [1.54, 1.807) is 0 Å². The number of benzene rings is 1. The van der Waals surface area contributed by atoms with Crippen molar-refractivity contribution in [3.63, 3.8) is 0 Å². The summed E-state index contributed by atoms with van der Waals surface area (Å²) in [5.41, 5.74) is 7.16. The third-order valence-corrected chi connectivity index (χ3v) is 3.58. The molecule has 0 aliphatic heterocycles. The average molecular weight is 278 g/mol. The highest BCUT2D eigenvalue weighted by atomic mass is 32.2. The predicted molar refractivity (Wildman–Crippen MR) is 73.7 cm³/mol. The van der Waals surface area contributed by atoms with Gasteiger partial charge in [0.25, 0.3) is 0 Å². The van der Waals surface area contributed by atoms with Crippen LogP contribution < -0.4 is 5.73 Å². The first-order valence-electron chi connectivity index (χ1n) is 5.74. The molecular formula is C13H14N2O3S. The summed E-state index contributed by atoms with van der Waals surface area (Å²) in [5, 5.41) is 12.6. The molecule has 0 radical (unpaired) electrons. The first kappa shape index (κ1) is 13.6. The lowest BCUT2D eigenvalue weighted by molar-refractivity contribution is -0.137. The van der Waals surface area contributed by atoms with E-state index in [-0.39, 0.29) is 0 Å². The molecule has 0 fully saturated rings. The molecule has 0 unspecified atom stereocenters. The lowest BCUT2D eigenvalue weighted by Gasteiger charge is -2.03. The van der Waals surface area contributed by atoms with Crippen molar-refractivity contribution in [1.82, 2.24) is 5.16 Å². The molecule has 1 heterocycles. The molecule has 0 saturated heterocycles. The number of carboxylic acids is 1. The highest BCUT2D eigenvalue weighted by molar-refractivity contribution is 7.98. The van der Waals surface area contributed by atoms with E-state index < -0.39 is 12.0 Å². The van der Waals surface area contributed by atoms with Crippen LogP contribution in [0.5, 0.6) is 0 Å². The molecule has 1 atom stereocenters. The number of thioether (sulfide) groups is 1. The fraction of sp³-hybridized carbons (Fsp3) is 0.231.